The van der Waals surface area contributed by atoms with Crippen LogP contribution < -0.4 is 16.0 Å². The summed E-state index contributed by atoms with van der Waals surface area (Å²) >= 11 is -0.209. The lowest BCUT2D eigenvalue weighted by Crippen LogP contribution is -2.32. The number of benzene rings is 1. The number of aryl methyl sites for hydroxylation is 1. The second-order valence-electron chi connectivity index (χ2n) is 6.04. The Morgan fingerprint density at radius 3 is 2.57 bits per heavy atom. The summed E-state index contributed by atoms with van der Waals surface area (Å²) in [5.74, 6) is 1.19. The fraction of sp³-hybridized carbons (Fsp3) is 0.222. The van der Waals surface area contributed by atoms with Crippen molar-refractivity contribution in [2.75, 3.05) is 23.7 Å². The number of urea groups is 1. The van der Waals surface area contributed by atoms with Gasteiger partial charge < -0.3 is 16.0 Å². The van der Waals surface area contributed by atoms with Crippen LogP contribution in [0.5, 0.6) is 0 Å². The minimum atomic E-state index is -4.35. The quantitative estimate of drug-likeness (QED) is 0.384. The number of nitrogens with zero attached hydrogens (tertiary/aromatic N) is 4. The number of hydrogen-bond acceptors (Lipinski definition) is 6. The lowest BCUT2D eigenvalue weighted by molar-refractivity contribution is -0.0328. The Labute approximate surface area is 174 Å². The Kier molecular flexibility index (Phi) is 6.77. The van der Waals surface area contributed by atoms with Gasteiger partial charge in [-0.2, -0.15) is 18.3 Å². The largest absolute Gasteiger partial charge is 0.446 e. The molecular formula is C18H18F3N7OS. The number of aromatic nitrogens is 4. The molecule has 0 aliphatic heterocycles. The standard InChI is InChI=1S/C18H18F3N7OS/c1-12-6-9-28(27-12)16-10-15(24-11-25-16)22-7-8-23-17(29)26-13-2-4-14(5-3-13)30-18(19,20)21/h2-6,9-11H,7-8H2,1H3,(H,22,24,25)(H2,23,26,29). The summed E-state index contributed by atoms with van der Waals surface area (Å²) in [6.45, 7) is 2.58. The zero-order valence-electron chi connectivity index (χ0n) is 15.8. The van der Waals surface area contributed by atoms with Crippen LogP contribution in [0.15, 0.2) is 53.8 Å². The van der Waals surface area contributed by atoms with Crippen LogP contribution in [0.2, 0.25) is 0 Å². The fourth-order valence-electron chi connectivity index (χ4n) is 2.39. The van der Waals surface area contributed by atoms with E-state index in [0.29, 0.717) is 30.4 Å². The van der Waals surface area contributed by atoms with Gasteiger partial charge in [0.2, 0.25) is 0 Å². The van der Waals surface area contributed by atoms with Crippen molar-refractivity contribution < 1.29 is 18.0 Å². The highest BCUT2D eigenvalue weighted by molar-refractivity contribution is 8.00. The van der Waals surface area contributed by atoms with E-state index in [4.69, 9.17) is 0 Å². The summed E-state index contributed by atoms with van der Waals surface area (Å²) in [6, 6.07) is 8.53. The van der Waals surface area contributed by atoms with Crippen LogP contribution in [0, 0.1) is 6.92 Å². The molecule has 2 amide bonds. The van der Waals surface area contributed by atoms with E-state index < -0.39 is 11.5 Å². The van der Waals surface area contributed by atoms with Gasteiger partial charge in [0.05, 0.1) is 5.69 Å². The predicted octanol–water partition coefficient (Wildman–Crippen LogP) is 3.82. The zero-order chi connectivity index (χ0) is 21.6. The van der Waals surface area contributed by atoms with E-state index in [1.807, 2.05) is 13.0 Å². The van der Waals surface area contributed by atoms with Gasteiger partial charge in [-0.1, -0.05) is 0 Å². The average molecular weight is 437 g/mol. The van der Waals surface area contributed by atoms with Gasteiger partial charge >= 0.3 is 11.5 Å². The van der Waals surface area contributed by atoms with Crippen LogP contribution in [0.3, 0.4) is 0 Å². The highest BCUT2D eigenvalue weighted by atomic mass is 32.2. The number of hydrogen-bond donors (Lipinski definition) is 3. The number of amides is 2. The van der Waals surface area contributed by atoms with Crippen molar-refractivity contribution in [2.24, 2.45) is 0 Å². The van der Waals surface area contributed by atoms with Gasteiger partial charge in [-0.15, -0.1) is 0 Å². The normalized spacial score (nSPS) is 11.2. The minimum absolute atomic E-state index is 0.0483. The van der Waals surface area contributed by atoms with E-state index in [1.54, 1.807) is 16.9 Å². The van der Waals surface area contributed by atoms with Crippen molar-refractivity contribution in [3.05, 3.63) is 54.6 Å². The van der Waals surface area contributed by atoms with Crippen molar-refractivity contribution in [3.63, 3.8) is 0 Å². The number of rotatable bonds is 7. The van der Waals surface area contributed by atoms with E-state index in [0.717, 1.165) is 5.69 Å². The molecule has 0 spiro atoms. The van der Waals surface area contributed by atoms with Gasteiger partial charge in [-0.05, 0) is 49.0 Å². The van der Waals surface area contributed by atoms with E-state index in [2.05, 4.69) is 31.0 Å². The van der Waals surface area contributed by atoms with Gasteiger partial charge in [-0.3, -0.25) is 0 Å². The van der Waals surface area contributed by atoms with Gasteiger partial charge in [0.15, 0.2) is 5.82 Å². The van der Waals surface area contributed by atoms with Crippen molar-refractivity contribution in [1.29, 1.82) is 0 Å². The minimum Gasteiger partial charge on any atom is -0.368 e. The summed E-state index contributed by atoms with van der Waals surface area (Å²) in [4.78, 5) is 20.2. The van der Waals surface area contributed by atoms with Gasteiger partial charge in [-0.25, -0.2) is 19.4 Å². The van der Waals surface area contributed by atoms with Crippen LogP contribution in [-0.2, 0) is 0 Å². The number of halogens is 3. The smallest absolute Gasteiger partial charge is 0.368 e. The molecule has 0 bridgehead atoms. The first-order valence-corrected chi connectivity index (χ1v) is 9.59. The molecule has 0 saturated heterocycles. The topological polar surface area (TPSA) is 96.8 Å². The van der Waals surface area contributed by atoms with Crippen LogP contribution in [0.25, 0.3) is 5.82 Å². The van der Waals surface area contributed by atoms with Gasteiger partial charge in [0.1, 0.15) is 12.1 Å². The summed E-state index contributed by atoms with van der Waals surface area (Å²) < 4.78 is 38.6. The third-order valence-electron chi connectivity index (χ3n) is 3.67. The number of thioether (sulfide) groups is 1. The first-order valence-electron chi connectivity index (χ1n) is 8.78. The first kappa shape index (κ1) is 21.4. The Bertz CT molecular complexity index is 992. The van der Waals surface area contributed by atoms with Crippen LogP contribution >= 0.6 is 11.8 Å². The van der Waals surface area contributed by atoms with Crippen LogP contribution in [0.1, 0.15) is 5.69 Å². The Hall–Kier alpha value is -3.28. The third-order valence-corrected chi connectivity index (χ3v) is 4.41. The Morgan fingerprint density at radius 1 is 1.13 bits per heavy atom. The second-order valence-corrected chi connectivity index (χ2v) is 7.18. The van der Waals surface area contributed by atoms with Crippen LogP contribution in [0.4, 0.5) is 29.5 Å². The van der Waals surface area contributed by atoms with E-state index >= 15 is 0 Å². The SMILES string of the molecule is Cc1ccn(-c2cc(NCCNC(=O)Nc3ccc(SC(F)(F)F)cc3)ncn2)n1. The molecular weight excluding hydrogens is 419 g/mol. The van der Waals surface area contributed by atoms with E-state index in [9.17, 15) is 18.0 Å². The Morgan fingerprint density at radius 2 is 1.90 bits per heavy atom. The molecule has 3 N–H and O–H groups in total. The number of nitrogens with one attached hydrogen (secondary N) is 3. The molecule has 3 aromatic rings. The number of carbonyl (C=O) groups excluding carboxylic acids is 1. The second kappa shape index (κ2) is 9.48. The molecule has 12 heteroatoms. The molecule has 30 heavy (non-hydrogen) atoms. The molecule has 0 fully saturated rings. The van der Waals surface area contributed by atoms with E-state index in [1.165, 1.54) is 30.6 Å². The molecule has 8 nitrogen and oxygen atoms in total. The zero-order valence-corrected chi connectivity index (χ0v) is 16.6. The molecule has 3 rings (SSSR count). The lowest BCUT2D eigenvalue weighted by atomic mass is 10.3. The molecule has 0 aliphatic rings. The number of alkyl halides is 3. The molecule has 158 valence electrons. The molecule has 0 radical (unpaired) electrons. The predicted molar refractivity (Wildman–Crippen MR) is 108 cm³/mol. The molecule has 1 aromatic carbocycles. The molecule has 0 saturated carbocycles. The lowest BCUT2D eigenvalue weighted by Gasteiger charge is -2.10. The molecule has 0 atom stereocenters. The summed E-state index contributed by atoms with van der Waals surface area (Å²) in [6.07, 6.45) is 3.21. The van der Waals surface area contributed by atoms with Crippen LogP contribution in [-0.4, -0.2) is 44.4 Å². The molecule has 0 aliphatic carbocycles. The highest BCUT2D eigenvalue weighted by Crippen LogP contribution is 2.36. The van der Waals surface area contributed by atoms with Crippen molar-refractivity contribution in [2.45, 2.75) is 17.3 Å². The summed E-state index contributed by atoms with van der Waals surface area (Å²) in [5.41, 5.74) is -3.09. The van der Waals surface area contributed by atoms with Crippen molar-refractivity contribution >= 4 is 29.3 Å². The number of carbonyl (C=O) groups is 1. The highest BCUT2D eigenvalue weighted by Gasteiger charge is 2.29. The monoisotopic (exact) mass is 437 g/mol. The first-order chi connectivity index (χ1) is 14.3. The third kappa shape index (κ3) is 6.65. The van der Waals surface area contributed by atoms with E-state index in [-0.39, 0.29) is 16.7 Å². The van der Waals surface area contributed by atoms with Gasteiger partial charge in [0, 0.05) is 35.9 Å². The molecule has 2 aromatic heterocycles. The summed E-state index contributed by atoms with van der Waals surface area (Å²) in [5, 5.41) is 12.5. The maximum absolute atomic E-state index is 12.3. The summed E-state index contributed by atoms with van der Waals surface area (Å²) in [7, 11) is 0. The number of anilines is 2. The van der Waals surface area contributed by atoms with Crippen molar-refractivity contribution in [3.8, 4) is 5.82 Å². The maximum Gasteiger partial charge on any atom is 0.446 e. The van der Waals surface area contributed by atoms with Gasteiger partial charge in [0.25, 0.3) is 0 Å². The van der Waals surface area contributed by atoms with Crippen molar-refractivity contribution in [1.82, 2.24) is 25.1 Å². The fourth-order valence-corrected chi connectivity index (χ4v) is 2.93. The average Bonchev–Trinajstić information content (AvgIpc) is 3.12. The maximum atomic E-state index is 12.3. The molecule has 0 unspecified atom stereocenters. The Balaban J connectivity index is 1.42. The molecule has 2 heterocycles.